The highest BCUT2D eigenvalue weighted by molar-refractivity contribution is 7.09. The fourth-order valence-electron chi connectivity index (χ4n) is 2.63. The summed E-state index contributed by atoms with van der Waals surface area (Å²) in [5.41, 5.74) is 1.86. The number of aryl methyl sites for hydroxylation is 1. The lowest BCUT2D eigenvalue weighted by molar-refractivity contribution is -0.137. The van der Waals surface area contributed by atoms with Crippen LogP contribution in [0.25, 0.3) is 0 Å². The average Bonchev–Trinajstić information content (AvgIpc) is 3.16. The van der Waals surface area contributed by atoms with Gasteiger partial charge in [-0.1, -0.05) is 0 Å². The smallest absolute Gasteiger partial charge is 0.337 e. The fourth-order valence-corrected chi connectivity index (χ4v) is 3.29. The van der Waals surface area contributed by atoms with E-state index in [0.29, 0.717) is 24.4 Å². The van der Waals surface area contributed by atoms with E-state index in [1.807, 2.05) is 19.1 Å². The van der Waals surface area contributed by atoms with Gasteiger partial charge in [0.25, 0.3) is 5.91 Å². The zero-order valence-electron chi connectivity index (χ0n) is 12.3. The van der Waals surface area contributed by atoms with E-state index >= 15 is 0 Å². The van der Waals surface area contributed by atoms with Gasteiger partial charge in [0.1, 0.15) is 5.69 Å². The minimum atomic E-state index is -4.51. The number of thiazole rings is 1. The van der Waals surface area contributed by atoms with Gasteiger partial charge in [0, 0.05) is 36.3 Å². The van der Waals surface area contributed by atoms with Crippen LogP contribution in [-0.4, -0.2) is 33.9 Å². The van der Waals surface area contributed by atoms with Gasteiger partial charge in [0.15, 0.2) is 5.01 Å². The van der Waals surface area contributed by atoms with E-state index in [2.05, 4.69) is 9.97 Å². The molecule has 0 aromatic carbocycles. The number of hydrogen-bond acceptors (Lipinski definition) is 4. The molecule has 122 valence electrons. The van der Waals surface area contributed by atoms with Crippen molar-refractivity contribution >= 4 is 17.2 Å². The lowest BCUT2D eigenvalue weighted by atomic mass is 10.0. The van der Waals surface area contributed by atoms with Crippen molar-refractivity contribution in [3.8, 4) is 0 Å². The molecule has 1 atom stereocenters. The van der Waals surface area contributed by atoms with Crippen LogP contribution >= 0.6 is 11.3 Å². The van der Waals surface area contributed by atoms with E-state index in [1.54, 1.807) is 11.1 Å². The molecule has 1 saturated heterocycles. The lowest BCUT2D eigenvalue weighted by Gasteiger charge is -2.15. The molecule has 1 amide bonds. The lowest BCUT2D eigenvalue weighted by Crippen LogP contribution is -2.29. The Morgan fingerprint density at radius 2 is 2.22 bits per heavy atom. The maximum atomic E-state index is 12.6. The minimum Gasteiger partial charge on any atom is -0.337 e. The van der Waals surface area contributed by atoms with Gasteiger partial charge in [-0.25, -0.2) is 4.98 Å². The number of amides is 1. The van der Waals surface area contributed by atoms with Crippen molar-refractivity contribution in [2.75, 3.05) is 13.1 Å². The number of halogens is 3. The molecule has 0 spiro atoms. The Morgan fingerprint density at radius 3 is 2.87 bits per heavy atom. The van der Waals surface area contributed by atoms with Crippen LogP contribution in [0.15, 0.2) is 23.7 Å². The van der Waals surface area contributed by atoms with E-state index in [1.165, 1.54) is 5.38 Å². The van der Waals surface area contributed by atoms with Crippen molar-refractivity contribution in [3.63, 3.8) is 0 Å². The molecule has 4 nitrogen and oxygen atoms in total. The van der Waals surface area contributed by atoms with Crippen LogP contribution in [0.1, 0.15) is 39.1 Å². The Bertz CT molecular complexity index is 729. The second kappa shape index (κ2) is 5.92. The summed E-state index contributed by atoms with van der Waals surface area (Å²) < 4.78 is 37.7. The molecule has 2 aromatic heterocycles. The summed E-state index contributed by atoms with van der Waals surface area (Å²) >= 11 is 0.447. The van der Waals surface area contributed by atoms with E-state index in [0.717, 1.165) is 17.7 Å². The fraction of sp³-hybridized carbons (Fsp3) is 0.400. The van der Waals surface area contributed by atoms with Crippen molar-refractivity contribution in [1.82, 2.24) is 14.9 Å². The number of nitrogens with zero attached hydrogens (tertiary/aromatic N) is 3. The molecule has 0 N–H and O–H groups in total. The van der Waals surface area contributed by atoms with Gasteiger partial charge in [-0.15, -0.1) is 11.3 Å². The third kappa shape index (κ3) is 3.36. The van der Waals surface area contributed by atoms with E-state index < -0.39 is 17.1 Å². The molecular weight excluding hydrogens is 327 g/mol. The number of hydrogen-bond donors (Lipinski definition) is 0. The molecule has 23 heavy (non-hydrogen) atoms. The Hall–Kier alpha value is -1.96. The summed E-state index contributed by atoms with van der Waals surface area (Å²) in [6.07, 6.45) is -2.04. The predicted octanol–water partition coefficient (Wildman–Crippen LogP) is 3.50. The highest BCUT2D eigenvalue weighted by Crippen LogP contribution is 2.33. The van der Waals surface area contributed by atoms with Crippen molar-refractivity contribution in [3.05, 3.63) is 45.7 Å². The SMILES string of the molecule is Cc1ccnc(C2CCN(C(=O)c3csc(C(F)(F)F)n3)C2)c1. The molecular formula is C15H14F3N3OS. The predicted molar refractivity (Wildman–Crippen MR) is 79.4 cm³/mol. The van der Waals surface area contributed by atoms with Crippen molar-refractivity contribution in [2.45, 2.75) is 25.4 Å². The first-order valence-electron chi connectivity index (χ1n) is 7.09. The van der Waals surface area contributed by atoms with Gasteiger partial charge in [0.2, 0.25) is 0 Å². The summed E-state index contributed by atoms with van der Waals surface area (Å²) in [7, 11) is 0. The highest BCUT2D eigenvalue weighted by atomic mass is 32.1. The molecule has 0 bridgehead atoms. The molecule has 1 fully saturated rings. The number of aromatic nitrogens is 2. The largest absolute Gasteiger partial charge is 0.443 e. The van der Waals surface area contributed by atoms with Crippen LogP contribution in [0, 0.1) is 6.92 Å². The average molecular weight is 341 g/mol. The number of carbonyl (C=O) groups excluding carboxylic acids is 1. The summed E-state index contributed by atoms with van der Waals surface area (Å²) in [6, 6.07) is 3.87. The molecule has 8 heteroatoms. The van der Waals surface area contributed by atoms with Gasteiger partial charge in [-0.05, 0) is 31.0 Å². The third-order valence-electron chi connectivity index (χ3n) is 3.80. The number of pyridine rings is 1. The first-order valence-corrected chi connectivity index (χ1v) is 7.97. The van der Waals surface area contributed by atoms with Gasteiger partial charge < -0.3 is 4.90 Å². The monoisotopic (exact) mass is 341 g/mol. The van der Waals surface area contributed by atoms with Crippen molar-refractivity contribution < 1.29 is 18.0 Å². The van der Waals surface area contributed by atoms with Crippen molar-refractivity contribution in [2.24, 2.45) is 0 Å². The first kappa shape index (κ1) is 15.9. The van der Waals surface area contributed by atoms with Crippen LogP contribution in [-0.2, 0) is 6.18 Å². The molecule has 0 aliphatic carbocycles. The summed E-state index contributed by atoms with van der Waals surface area (Å²) in [5.74, 6) is -0.341. The highest BCUT2D eigenvalue weighted by Gasteiger charge is 2.36. The van der Waals surface area contributed by atoms with E-state index in [-0.39, 0.29) is 11.6 Å². The second-order valence-corrected chi connectivity index (χ2v) is 6.39. The van der Waals surface area contributed by atoms with Crippen LogP contribution in [0.4, 0.5) is 13.2 Å². The van der Waals surface area contributed by atoms with Crippen LogP contribution in [0.3, 0.4) is 0 Å². The maximum absolute atomic E-state index is 12.6. The summed E-state index contributed by atoms with van der Waals surface area (Å²) in [4.78, 5) is 21.6. The molecule has 1 unspecified atom stereocenters. The molecule has 2 aromatic rings. The Kier molecular flexibility index (Phi) is 4.09. The van der Waals surface area contributed by atoms with Crippen LogP contribution < -0.4 is 0 Å². The van der Waals surface area contributed by atoms with Gasteiger partial charge in [0.05, 0.1) is 0 Å². The second-order valence-electron chi connectivity index (χ2n) is 5.53. The standard InChI is InChI=1S/C15H14F3N3OS/c1-9-2-4-19-11(6-9)10-3-5-21(7-10)13(22)12-8-23-14(20-12)15(16,17)18/h2,4,6,8,10H,3,5,7H2,1H3. The zero-order chi connectivity index (χ0) is 16.6. The number of carbonyl (C=O) groups is 1. The molecule has 1 aliphatic heterocycles. The molecule has 3 heterocycles. The van der Waals surface area contributed by atoms with Gasteiger partial charge in [-0.2, -0.15) is 13.2 Å². The quantitative estimate of drug-likeness (QED) is 0.840. The normalized spacial score (nSPS) is 18.4. The van der Waals surface area contributed by atoms with E-state index in [4.69, 9.17) is 0 Å². The van der Waals surface area contributed by atoms with Gasteiger partial charge >= 0.3 is 6.18 Å². The van der Waals surface area contributed by atoms with E-state index in [9.17, 15) is 18.0 Å². The molecule has 0 saturated carbocycles. The molecule has 0 radical (unpaired) electrons. The number of likely N-dealkylation sites (tertiary alicyclic amines) is 1. The third-order valence-corrected chi connectivity index (χ3v) is 4.68. The van der Waals surface area contributed by atoms with Crippen molar-refractivity contribution in [1.29, 1.82) is 0 Å². The number of alkyl halides is 3. The minimum absolute atomic E-state index is 0.111. The zero-order valence-corrected chi connectivity index (χ0v) is 13.1. The first-order chi connectivity index (χ1) is 10.8. The summed E-state index contributed by atoms with van der Waals surface area (Å²) in [6.45, 7) is 2.92. The van der Waals surface area contributed by atoms with Gasteiger partial charge in [-0.3, -0.25) is 9.78 Å². The topological polar surface area (TPSA) is 46.1 Å². The molecule has 3 rings (SSSR count). The Labute approximate surface area is 135 Å². The van der Waals surface area contributed by atoms with Crippen LogP contribution in [0.5, 0.6) is 0 Å². The summed E-state index contributed by atoms with van der Waals surface area (Å²) in [5, 5.41) is 0.181. The maximum Gasteiger partial charge on any atom is 0.443 e. The van der Waals surface area contributed by atoms with Crippen LogP contribution in [0.2, 0.25) is 0 Å². The Balaban J connectivity index is 1.71. The number of rotatable bonds is 2. The Morgan fingerprint density at radius 1 is 1.43 bits per heavy atom. The molecule has 1 aliphatic rings.